The molecule has 0 aromatic heterocycles. The van der Waals surface area contributed by atoms with Gasteiger partial charge in [0.2, 0.25) is 0 Å². The van der Waals surface area contributed by atoms with Crippen molar-refractivity contribution in [2.75, 3.05) is 0 Å². The number of carbonyl (C=O) groups is 1. The Morgan fingerprint density at radius 2 is 1.29 bits per heavy atom. The van der Waals surface area contributed by atoms with Crippen LogP contribution < -0.4 is 0 Å². The van der Waals surface area contributed by atoms with Gasteiger partial charge in [-0.3, -0.25) is 0 Å². The Balaban J connectivity index is 4.30. The summed E-state index contributed by atoms with van der Waals surface area (Å²) in [4.78, 5) is 11.0. The van der Waals surface area contributed by atoms with E-state index in [1.807, 2.05) is 0 Å². The molecular weight excluding hydrogens is 184 g/mol. The van der Waals surface area contributed by atoms with Gasteiger partial charge in [-0.25, -0.2) is 4.79 Å². The molecule has 0 amide bonds. The zero-order chi connectivity index (χ0) is 11.4. The second-order valence-electron chi connectivity index (χ2n) is 3.70. The summed E-state index contributed by atoms with van der Waals surface area (Å²) in [5, 5.41) is 17.1. The molecule has 0 radical (unpaired) electrons. The summed E-state index contributed by atoms with van der Waals surface area (Å²) >= 11 is 0. The van der Waals surface area contributed by atoms with E-state index in [4.69, 9.17) is 10.5 Å². The molecule has 0 aromatic rings. The van der Waals surface area contributed by atoms with Gasteiger partial charge in [-0.05, 0) is 27.7 Å². The highest BCUT2D eigenvalue weighted by Crippen LogP contribution is 2.13. The Hall–Kier alpha value is -1.75. The maximum atomic E-state index is 11.0. The van der Waals surface area contributed by atoms with Gasteiger partial charge in [-0.15, -0.1) is 0 Å². The Labute approximate surface area is 82.8 Å². The lowest BCUT2D eigenvalue weighted by atomic mass is 10.2. The highest BCUT2D eigenvalue weighted by molar-refractivity contribution is 5.62. The van der Waals surface area contributed by atoms with E-state index < -0.39 is 17.4 Å². The maximum Gasteiger partial charge on any atom is 0.511 e. The van der Waals surface area contributed by atoms with Crippen LogP contribution in [-0.2, 0) is 9.47 Å². The molecule has 0 saturated heterocycles. The second kappa shape index (κ2) is 3.97. The summed E-state index contributed by atoms with van der Waals surface area (Å²) in [5.41, 5.74) is -2.49. The predicted octanol–water partition coefficient (Wildman–Crippen LogP) is 1.74. The quantitative estimate of drug-likeness (QED) is 0.628. The van der Waals surface area contributed by atoms with E-state index in [0.717, 1.165) is 0 Å². The van der Waals surface area contributed by atoms with Gasteiger partial charge in [0.25, 0.3) is 0 Å². The largest absolute Gasteiger partial charge is 0.511 e. The van der Waals surface area contributed by atoms with Crippen LogP contribution in [0.1, 0.15) is 27.7 Å². The van der Waals surface area contributed by atoms with Gasteiger partial charge in [-0.2, -0.15) is 10.5 Å². The molecule has 0 aliphatic heterocycles. The minimum absolute atomic E-state index is 1.02. The molecule has 5 heteroatoms. The fraction of sp³-hybridized carbons (Fsp3) is 0.667. The Kier molecular flexibility index (Phi) is 3.48. The molecule has 0 fully saturated rings. The fourth-order valence-corrected chi connectivity index (χ4v) is 0.483. The van der Waals surface area contributed by atoms with Crippen molar-refractivity contribution in [2.45, 2.75) is 38.9 Å². The fourth-order valence-electron chi connectivity index (χ4n) is 0.483. The highest BCUT2D eigenvalue weighted by atomic mass is 16.7. The predicted molar refractivity (Wildman–Crippen MR) is 47.0 cm³/mol. The lowest BCUT2D eigenvalue weighted by Crippen LogP contribution is -2.32. The molecule has 0 aromatic carbocycles. The first-order valence-corrected chi connectivity index (χ1v) is 3.97. The topological polar surface area (TPSA) is 83.1 Å². The summed E-state index contributed by atoms with van der Waals surface area (Å²) in [7, 11) is 0. The lowest BCUT2D eigenvalue weighted by molar-refractivity contribution is -0.0242. The van der Waals surface area contributed by atoms with Crippen molar-refractivity contribution in [2.24, 2.45) is 0 Å². The van der Waals surface area contributed by atoms with Gasteiger partial charge in [0.15, 0.2) is 11.2 Å². The van der Waals surface area contributed by atoms with Crippen molar-refractivity contribution in [1.29, 1.82) is 10.5 Å². The summed E-state index contributed by atoms with van der Waals surface area (Å²) in [6, 6.07) is 3.54. The van der Waals surface area contributed by atoms with E-state index >= 15 is 0 Å². The molecule has 0 aliphatic carbocycles. The van der Waals surface area contributed by atoms with Crippen LogP contribution in [0, 0.1) is 22.7 Å². The van der Waals surface area contributed by atoms with Gasteiger partial charge in [0.1, 0.15) is 12.1 Å². The molecule has 0 atom stereocenters. The molecule has 0 spiro atoms. The summed E-state index contributed by atoms with van der Waals surface area (Å²) < 4.78 is 9.30. The van der Waals surface area contributed by atoms with E-state index in [-0.39, 0.29) is 0 Å². The van der Waals surface area contributed by atoms with E-state index in [1.54, 1.807) is 12.1 Å². The van der Waals surface area contributed by atoms with E-state index in [0.29, 0.717) is 0 Å². The first-order chi connectivity index (χ1) is 6.22. The average Bonchev–Trinajstić information content (AvgIpc) is 2.02. The van der Waals surface area contributed by atoms with E-state index in [2.05, 4.69) is 9.47 Å². The molecule has 0 unspecified atom stereocenters. The lowest BCUT2D eigenvalue weighted by Gasteiger charge is -2.20. The van der Waals surface area contributed by atoms with Crippen LogP contribution in [0.3, 0.4) is 0 Å². The van der Waals surface area contributed by atoms with Crippen molar-refractivity contribution < 1.29 is 14.3 Å². The molecule has 0 saturated carbocycles. The minimum Gasteiger partial charge on any atom is -0.413 e. The third-order valence-electron chi connectivity index (χ3n) is 1.22. The third-order valence-corrected chi connectivity index (χ3v) is 1.22. The molecule has 0 heterocycles. The van der Waals surface area contributed by atoms with Gasteiger partial charge in [0, 0.05) is 0 Å². The van der Waals surface area contributed by atoms with Crippen LogP contribution >= 0.6 is 0 Å². The van der Waals surface area contributed by atoms with Gasteiger partial charge < -0.3 is 9.47 Å². The summed E-state index contributed by atoms with van der Waals surface area (Å²) in [6.45, 7) is 5.70. The van der Waals surface area contributed by atoms with Gasteiger partial charge in [0.05, 0.1) is 0 Å². The van der Waals surface area contributed by atoms with Crippen LogP contribution in [-0.4, -0.2) is 17.4 Å². The van der Waals surface area contributed by atoms with Crippen LogP contribution in [0.15, 0.2) is 0 Å². The zero-order valence-electron chi connectivity index (χ0n) is 8.62. The molecule has 14 heavy (non-hydrogen) atoms. The number of nitriles is 2. The summed E-state index contributed by atoms with van der Waals surface area (Å²) in [5.74, 6) is 0. The third kappa shape index (κ3) is 4.32. The van der Waals surface area contributed by atoms with Gasteiger partial charge >= 0.3 is 6.16 Å². The van der Waals surface area contributed by atoms with Crippen LogP contribution in [0.4, 0.5) is 4.79 Å². The Bertz CT molecular complexity index is 277. The van der Waals surface area contributed by atoms with Crippen LogP contribution in [0.5, 0.6) is 0 Å². The van der Waals surface area contributed by atoms with Crippen molar-refractivity contribution in [3.63, 3.8) is 0 Å². The van der Waals surface area contributed by atoms with Crippen LogP contribution in [0.25, 0.3) is 0 Å². The van der Waals surface area contributed by atoms with Crippen molar-refractivity contribution in [1.82, 2.24) is 0 Å². The van der Waals surface area contributed by atoms with Gasteiger partial charge in [-0.1, -0.05) is 0 Å². The van der Waals surface area contributed by atoms with Crippen molar-refractivity contribution in [3.05, 3.63) is 0 Å². The molecule has 76 valence electrons. The number of rotatable bonds is 2. The number of hydrogen-bond acceptors (Lipinski definition) is 5. The normalized spacial score (nSPS) is 11.0. The van der Waals surface area contributed by atoms with Crippen LogP contribution in [0.2, 0.25) is 0 Å². The minimum atomic E-state index is -1.25. The number of hydrogen-bond donors (Lipinski definition) is 0. The number of ether oxygens (including phenoxy) is 2. The monoisotopic (exact) mass is 196 g/mol. The summed E-state index contributed by atoms with van der Waals surface area (Å²) in [6.07, 6.45) is -1.02. The first kappa shape index (κ1) is 12.2. The maximum absolute atomic E-state index is 11.0. The molecule has 5 nitrogen and oxygen atoms in total. The smallest absolute Gasteiger partial charge is 0.413 e. The molecule has 0 rings (SSSR count). The van der Waals surface area contributed by atoms with Crippen molar-refractivity contribution in [3.8, 4) is 12.1 Å². The average molecular weight is 196 g/mol. The molecule has 0 N–H and O–H groups in total. The zero-order valence-corrected chi connectivity index (χ0v) is 8.62. The molecule has 0 bridgehead atoms. The second-order valence-corrected chi connectivity index (χ2v) is 3.70. The first-order valence-electron chi connectivity index (χ1n) is 3.97. The molecular formula is C9H12N2O3. The van der Waals surface area contributed by atoms with Crippen molar-refractivity contribution >= 4 is 6.16 Å². The molecule has 0 aliphatic rings. The van der Waals surface area contributed by atoms with E-state index in [9.17, 15) is 4.79 Å². The number of carbonyl (C=O) groups excluding carboxylic acids is 1. The SMILES string of the molecule is CC(C)(C#N)OC(=O)OC(C)(C)C#N. The Morgan fingerprint density at radius 1 is 1.00 bits per heavy atom. The number of nitrogens with zero attached hydrogens (tertiary/aromatic N) is 2. The standard InChI is InChI=1S/C9H12N2O3/c1-8(2,5-10)13-7(12)14-9(3,4)6-11/h1-4H3. The highest BCUT2D eigenvalue weighted by Gasteiger charge is 2.28. The van der Waals surface area contributed by atoms with E-state index in [1.165, 1.54) is 27.7 Å². The Morgan fingerprint density at radius 3 is 1.50 bits per heavy atom.